The molecule has 0 heterocycles. The van der Waals surface area contributed by atoms with Gasteiger partial charge in [0.1, 0.15) is 17.1 Å². The summed E-state index contributed by atoms with van der Waals surface area (Å²) in [4.78, 5) is 54.3. The number of ketones is 4. The highest BCUT2D eigenvalue weighted by molar-refractivity contribution is 6.40. The zero-order valence-corrected chi connectivity index (χ0v) is 16.0. The third kappa shape index (κ3) is 2.06. The first-order valence-corrected chi connectivity index (χ1v) is 9.55. The molecule has 2 aliphatic carbocycles. The summed E-state index contributed by atoms with van der Waals surface area (Å²) >= 11 is 0. The predicted molar refractivity (Wildman–Crippen MR) is 108 cm³/mol. The number of Topliss-reactive ketones (excluding diaryl/α,β-unsaturated/α-hetero) is 4. The van der Waals surface area contributed by atoms with Crippen LogP contribution in [0.5, 0.6) is 5.75 Å². The summed E-state index contributed by atoms with van der Waals surface area (Å²) in [7, 11) is 0. The standard InChI is InChI=1S/C25H16O5/c1-13-12-14(10-11-19(13)26)25(23(29)17-8-4-5-9-18(17)24(25)30)20-21(27)15-6-2-3-7-16(15)22(20)28/h2-12,20,26H,1H3. The molecule has 0 atom stereocenters. The summed E-state index contributed by atoms with van der Waals surface area (Å²) in [6, 6.07) is 17.1. The van der Waals surface area contributed by atoms with Crippen LogP contribution in [-0.4, -0.2) is 28.2 Å². The third-order valence-electron chi connectivity index (χ3n) is 6.20. The Bertz CT molecular complexity index is 1230. The number of carbonyl (C=O) groups excluding carboxylic acids is 4. The Balaban J connectivity index is 1.84. The number of hydrogen-bond acceptors (Lipinski definition) is 5. The molecule has 5 heteroatoms. The molecule has 0 aliphatic heterocycles. The maximum atomic E-state index is 13.8. The summed E-state index contributed by atoms with van der Waals surface area (Å²) in [5, 5.41) is 9.98. The number of carbonyl (C=O) groups is 4. The lowest BCUT2D eigenvalue weighted by Crippen LogP contribution is -2.50. The molecule has 0 bridgehead atoms. The van der Waals surface area contributed by atoms with Gasteiger partial charge < -0.3 is 5.11 Å². The third-order valence-corrected chi connectivity index (χ3v) is 6.20. The molecule has 1 N–H and O–H groups in total. The number of aromatic hydroxyl groups is 1. The van der Waals surface area contributed by atoms with Crippen molar-refractivity contribution in [2.45, 2.75) is 12.3 Å². The van der Waals surface area contributed by atoms with Crippen molar-refractivity contribution in [1.82, 2.24) is 0 Å². The molecule has 0 unspecified atom stereocenters. The van der Waals surface area contributed by atoms with Crippen LogP contribution in [0.4, 0.5) is 0 Å². The van der Waals surface area contributed by atoms with E-state index in [1.165, 1.54) is 18.2 Å². The first-order chi connectivity index (χ1) is 14.4. The first-order valence-electron chi connectivity index (χ1n) is 9.55. The molecule has 0 saturated carbocycles. The van der Waals surface area contributed by atoms with Crippen LogP contribution in [0.15, 0.2) is 66.7 Å². The summed E-state index contributed by atoms with van der Waals surface area (Å²) < 4.78 is 0. The minimum absolute atomic E-state index is 0.00308. The van der Waals surface area contributed by atoms with Gasteiger partial charge in [0.25, 0.3) is 0 Å². The number of phenols is 1. The van der Waals surface area contributed by atoms with Crippen LogP contribution >= 0.6 is 0 Å². The molecular formula is C25H16O5. The van der Waals surface area contributed by atoms with E-state index in [1.807, 2.05) is 0 Å². The van der Waals surface area contributed by atoms with Gasteiger partial charge in [0.15, 0.2) is 23.1 Å². The average Bonchev–Trinajstić information content (AvgIpc) is 3.14. The Morgan fingerprint density at radius 1 is 0.700 bits per heavy atom. The number of rotatable bonds is 2. The van der Waals surface area contributed by atoms with Gasteiger partial charge in [-0.05, 0) is 24.1 Å². The Morgan fingerprint density at radius 3 is 1.63 bits per heavy atom. The lowest BCUT2D eigenvalue weighted by atomic mass is 9.64. The number of benzene rings is 3. The summed E-state index contributed by atoms with van der Waals surface area (Å²) in [6.45, 7) is 1.64. The van der Waals surface area contributed by atoms with Crippen LogP contribution in [-0.2, 0) is 5.41 Å². The SMILES string of the molecule is Cc1cc(C2(C3C(=O)c4ccccc4C3=O)C(=O)c3ccccc3C2=O)ccc1O. The van der Waals surface area contributed by atoms with E-state index >= 15 is 0 Å². The van der Waals surface area contributed by atoms with E-state index in [1.54, 1.807) is 55.5 Å². The zero-order valence-electron chi connectivity index (χ0n) is 16.0. The van der Waals surface area contributed by atoms with Gasteiger partial charge >= 0.3 is 0 Å². The second-order valence-corrected chi connectivity index (χ2v) is 7.72. The fourth-order valence-electron chi connectivity index (χ4n) is 4.74. The molecule has 0 aromatic heterocycles. The van der Waals surface area contributed by atoms with Gasteiger partial charge in [-0.3, -0.25) is 19.2 Å². The van der Waals surface area contributed by atoms with E-state index in [4.69, 9.17) is 0 Å². The van der Waals surface area contributed by atoms with Crippen molar-refractivity contribution in [3.63, 3.8) is 0 Å². The number of hydrogen-bond donors (Lipinski definition) is 1. The molecule has 5 nitrogen and oxygen atoms in total. The minimum Gasteiger partial charge on any atom is -0.508 e. The van der Waals surface area contributed by atoms with E-state index in [2.05, 4.69) is 0 Å². The number of fused-ring (bicyclic) bond motifs is 2. The second kappa shape index (κ2) is 6.07. The lowest BCUT2D eigenvalue weighted by Gasteiger charge is -2.31. The van der Waals surface area contributed by atoms with Crippen LogP contribution in [0.1, 0.15) is 52.6 Å². The fourth-order valence-corrected chi connectivity index (χ4v) is 4.74. The van der Waals surface area contributed by atoms with Gasteiger partial charge in [0, 0.05) is 22.3 Å². The average molecular weight is 396 g/mol. The van der Waals surface area contributed by atoms with E-state index in [0.29, 0.717) is 5.56 Å². The summed E-state index contributed by atoms with van der Waals surface area (Å²) in [5.41, 5.74) is -0.468. The van der Waals surface area contributed by atoms with Crippen molar-refractivity contribution in [1.29, 1.82) is 0 Å². The first kappa shape index (κ1) is 18.2. The maximum Gasteiger partial charge on any atom is 0.183 e. The van der Waals surface area contributed by atoms with E-state index in [0.717, 1.165) is 0 Å². The van der Waals surface area contributed by atoms with Crippen molar-refractivity contribution < 1.29 is 24.3 Å². The monoisotopic (exact) mass is 396 g/mol. The molecule has 3 aromatic rings. The molecular weight excluding hydrogens is 380 g/mol. The van der Waals surface area contributed by atoms with Crippen molar-refractivity contribution in [2.24, 2.45) is 5.92 Å². The smallest absolute Gasteiger partial charge is 0.183 e. The Kier molecular flexibility index (Phi) is 3.68. The Morgan fingerprint density at radius 2 is 1.17 bits per heavy atom. The molecule has 0 spiro atoms. The van der Waals surface area contributed by atoms with Crippen molar-refractivity contribution >= 4 is 23.1 Å². The van der Waals surface area contributed by atoms with Crippen LogP contribution in [0.25, 0.3) is 0 Å². The molecule has 2 aliphatic rings. The Hall–Kier alpha value is -3.86. The van der Waals surface area contributed by atoms with Gasteiger partial charge in [-0.1, -0.05) is 60.7 Å². The number of phenolic OH excluding ortho intramolecular Hbond substituents is 1. The van der Waals surface area contributed by atoms with Crippen LogP contribution in [0, 0.1) is 12.8 Å². The Labute approximate surface area is 172 Å². The lowest BCUT2D eigenvalue weighted by molar-refractivity contribution is 0.0612. The van der Waals surface area contributed by atoms with Gasteiger partial charge in [0.2, 0.25) is 0 Å². The maximum absolute atomic E-state index is 13.8. The second-order valence-electron chi connectivity index (χ2n) is 7.72. The predicted octanol–water partition coefficient (Wildman–Crippen LogP) is 3.71. The van der Waals surface area contributed by atoms with Gasteiger partial charge in [-0.2, -0.15) is 0 Å². The molecule has 0 saturated heterocycles. The minimum atomic E-state index is -1.99. The molecule has 146 valence electrons. The van der Waals surface area contributed by atoms with Gasteiger partial charge in [-0.15, -0.1) is 0 Å². The van der Waals surface area contributed by atoms with E-state index in [-0.39, 0.29) is 33.6 Å². The van der Waals surface area contributed by atoms with Gasteiger partial charge in [0.05, 0.1) is 0 Å². The summed E-state index contributed by atoms with van der Waals surface area (Å²) in [5.74, 6) is -3.67. The normalized spacial score (nSPS) is 17.4. The highest BCUT2D eigenvalue weighted by atomic mass is 16.3. The molecule has 0 fully saturated rings. The highest BCUT2D eigenvalue weighted by Gasteiger charge is 2.65. The quantitative estimate of drug-likeness (QED) is 0.667. The summed E-state index contributed by atoms with van der Waals surface area (Å²) in [6.07, 6.45) is 0. The number of aryl methyl sites for hydroxylation is 1. The molecule has 5 rings (SSSR count). The largest absolute Gasteiger partial charge is 0.508 e. The van der Waals surface area contributed by atoms with E-state index in [9.17, 15) is 24.3 Å². The van der Waals surface area contributed by atoms with Crippen LogP contribution < -0.4 is 0 Å². The zero-order chi connectivity index (χ0) is 21.2. The van der Waals surface area contributed by atoms with Crippen molar-refractivity contribution in [2.75, 3.05) is 0 Å². The van der Waals surface area contributed by atoms with E-state index < -0.39 is 34.5 Å². The molecule has 30 heavy (non-hydrogen) atoms. The molecule has 3 aromatic carbocycles. The molecule has 0 radical (unpaired) electrons. The fraction of sp³-hybridized carbons (Fsp3) is 0.120. The molecule has 0 amide bonds. The topological polar surface area (TPSA) is 88.5 Å². The van der Waals surface area contributed by atoms with Crippen LogP contribution in [0.2, 0.25) is 0 Å². The van der Waals surface area contributed by atoms with Gasteiger partial charge in [-0.25, -0.2) is 0 Å². The van der Waals surface area contributed by atoms with Crippen molar-refractivity contribution in [3.8, 4) is 5.75 Å². The van der Waals surface area contributed by atoms with Crippen LogP contribution in [0.3, 0.4) is 0 Å². The van der Waals surface area contributed by atoms with Crippen molar-refractivity contribution in [3.05, 3.63) is 100 Å². The highest BCUT2D eigenvalue weighted by Crippen LogP contribution is 2.50.